The van der Waals surface area contributed by atoms with Crippen LogP contribution in [0.3, 0.4) is 0 Å². The summed E-state index contributed by atoms with van der Waals surface area (Å²) in [5.41, 5.74) is 1.83. The number of benzene rings is 2. The minimum Gasteiger partial charge on any atom is -0.493 e. The molecule has 0 aliphatic carbocycles. The fraction of sp³-hybridized carbons (Fsp3) is 0.316. The number of morpholine rings is 1. The summed E-state index contributed by atoms with van der Waals surface area (Å²) in [5, 5.41) is 3.54. The Morgan fingerprint density at radius 3 is 2.54 bits per heavy atom. The van der Waals surface area contributed by atoms with Crippen LogP contribution in [0.2, 0.25) is 5.02 Å². The van der Waals surface area contributed by atoms with Crippen LogP contribution in [0.1, 0.15) is 10.4 Å². The molecule has 1 N–H and O–H groups in total. The Morgan fingerprint density at radius 1 is 1.12 bits per heavy atom. The topological polar surface area (TPSA) is 60.0 Å². The molecule has 0 atom stereocenters. The average molecular weight is 377 g/mol. The molecule has 26 heavy (non-hydrogen) atoms. The molecule has 0 unspecified atom stereocenters. The molecule has 1 amide bonds. The maximum atomic E-state index is 12.9. The van der Waals surface area contributed by atoms with E-state index in [2.05, 4.69) is 10.2 Å². The molecule has 0 radical (unpaired) electrons. The summed E-state index contributed by atoms with van der Waals surface area (Å²) >= 11 is 6.42. The molecule has 138 valence electrons. The molecular weight excluding hydrogens is 356 g/mol. The molecule has 2 aromatic carbocycles. The van der Waals surface area contributed by atoms with E-state index in [1.807, 2.05) is 18.2 Å². The Bertz CT molecular complexity index is 791. The van der Waals surface area contributed by atoms with E-state index >= 15 is 0 Å². The largest absolute Gasteiger partial charge is 0.493 e. The van der Waals surface area contributed by atoms with Gasteiger partial charge in [-0.3, -0.25) is 4.79 Å². The van der Waals surface area contributed by atoms with Gasteiger partial charge in [-0.25, -0.2) is 0 Å². The Balaban J connectivity index is 1.92. The standard InChI is InChI=1S/C19H21ClN2O4/c1-24-16-8-3-5-13(18(16)25-2)19(23)21-15-7-4-6-14(20)17(15)22-9-11-26-12-10-22/h3-8H,9-12H2,1-2H3,(H,21,23). The minimum atomic E-state index is -0.294. The number of hydrogen-bond acceptors (Lipinski definition) is 5. The van der Waals surface area contributed by atoms with E-state index in [4.69, 9.17) is 25.8 Å². The lowest BCUT2D eigenvalue weighted by Crippen LogP contribution is -2.37. The predicted octanol–water partition coefficient (Wildman–Crippen LogP) is 3.45. The zero-order valence-electron chi connectivity index (χ0n) is 14.8. The zero-order chi connectivity index (χ0) is 18.5. The van der Waals surface area contributed by atoms with Gasteiger partial charge in [0.05, 0.1) is 49.4 Å². The number of para-hydroxylation sites is 2. The lowest BCUT2D eigenvalue weighted by atomic mass is 10.1. The van der Waals surface area contributed by atoms with Crippen molar-refractivity contribution in [2.75, 3.05) is 50.7 Å². The lowest BCUT2D eigenvalue weighted by molar-refractivity contribution is 0.102. The SMILES string of the molecule is COc1cccc(C(=O)Nc2cccc(Cl)c2N2CCOCC2)c1OC. The van der Waals surface area contributed by atoms with Gasteiger partial charge in [0.1, 0.15) is 0 Å². The van der Waals surface area contributed by atoms with Crippen LogP contribution in [0.25, 0.3) is 0 Å². The molecule has 0 saturated carbocycles. The van der Waals surface area contributed by atoms with E-state index in [0.29, 0.717) is 41.0 Å². The van der Waals surface area contributed by atoms with Crippen LogP contribution in [0.5, 0.6) is 11.5 Å². The predicted molar refractivity (Wildman–Crippen MR) is 102 cm³/mol. The van der Waals surface area contributed by atoms with Gasteiger partial charge in [0, 0.05) is 13.1 Å². The summed E-state index contributed by atoms with van der Waals surface area (Å²) in [6, 6.07) is 10.6. The molecule has 1 aliphatic rings. The van der Waals surface area contributed by atoms with Crippen LogP contribution >= 0.6 is 11.6 Å². The third-order valence-electron chi connectivity index (χ3n) is 4.21. The highest BCUT2D eigenvalue weighted by Gasteiger charge is 2.21. The fourth-order valence-electron chi connectivity index (χ4n) is 2.98. The second-order valence-electron chi connectivity index (χ2n) is 5.73. The van der Waals surface area contributed by atoms with Crippen LogP contribution in [-0.2, 0) is 4.74 Å². The summed E-state index contributed by atoms with van der Waals surface area (Å²) < 4.78 is 16.0. The van der Waals surface area contributed by atoms with Gasteiger partial charge in [-0.05, 0) is 24.3 Å². The second-order valence-corrected chi connectivity index (χ2v) is 6.14. The van der Waals surface area contributed by atoms with Crippen molar-refractivity contribution in [3.8, 4) is 11.5 Å². The number of rotatable bonds is 5. The monoisotopic (exact) mass is 376 g/mol. The summed E-state index contributed by atoms with van der Waals surface area (Å²) in [4.78, 5) is 15.0. The maximum Gasteiger partial charge on any atom is 0.259 e. The number of methoxy groups -OCH3 is 2. The van der Waals surface area contributed by atoms with Crippen LogP contribution < -0.4 is 19.7 Å². The number of halogens is 1. The molecule has 2 aromatic rings. The first-order valence-electron chi connectivity index (χ1n) is 8.29. The molecule has 1 heterocycles. The number of ether oxygens (including phenoxy) is 3. The average Bonchev–Trinajstić information content (AvgIpc) is 2.68. The van der Waals surface area contributed by atoms with E-state index in [1.165, 1.54) is 14.2 Å². The van der Waals surface area contributed by atoms with Crippen LogP contribution in [0, 0.1) is 0 Å². The van der Waals surface area contributed by atoms with Crippen LogP contribution in [-0.4, -0.2) is 46.4 Å². The Labute approximate surface area is 157 Å². The number of carbonyl (C=O) groups excluding carboxylic acids is 1. The smallest absolute Gasteiger partial charge is 0.259 e. The molecule has 6 nitrogen and oxygen atoms in total. The van der Waals surface area contributed by atoms with E-state index in [0.717, 1.165) is 18.8 Å². The second kappa shape index (κ2) is 8.29. The third-order valence-corrected chi connectivity index (χ3v) is 4.51. The van der Waals surface area contributed by atoms with Crippen LogP contribution in [0.15, 0.2) is 36.4 Å². The fourth-order valence-corrected chi connectivity index (χ4v) is 3.27. The Hall–Kier alpha value is -2.44. The molecule has 1 saturated heterocycles. The number of anilines is 2. The quantitative estimate of drug-likeness (QED) is 0.866. The van der Waals surface area contributed by atoms with Gasteiger partial charge >= 0.3 is 0 Å². The summed E-state index contributed by atoms with van der Waals surface area (Å²) in [6.45, 7) is 2.69. The summed E-state index contributed by atoms with van der Waals surface area (Å²) in [5.74, 6) is 0.597. The first-order valence-corrected chi connectivity index (χ1v) is 8.67. The van der Waals surface area contributed by atoms with Crippen molar-refractivity contribution < 1.29 is 19.0 Å². The van der Waals surface area contributed by atoms with E-state index in [1.54, 1.807) is 18.2 Å². The number of carbonyl (C=O) groups is 1. The molecular formula is C19H21ClN2O4. The Morgan fingerprint density at radius 2 is 1.85 bits per heavy atom. The van der Waals surface area contributed by atoms with Gasteiger partial charge in [-0.15, -0.1) is 0 Å². The van der Waals surface area contributed by atoms with Gasteiger partial charge in [-0.2, -0.15) is 0 Å². The van der Waals surface area contributed by atoms with Crippen molar-refractivity contribution >= 4 is 28.9 Å². The minimum absolute atomic E-state index is 0.294. The highest BCUT2D eigenvalue weighted by Crippen LogP contribution is 2.36. The normalized spacial score (nSPS) is 14.0. The van der Waals surface area contributed by atoms with E-state index in [9.17, 15) is 4.79 Å². The molecule has 3 rings (SSSR count). The van der Waals surface area contributed by atoms with E-state index in [-0.39, 0.29) is 5.91 Å². The number of nitrogens with zero attached hydrogens (tertiary/aromatic N) is 1. The molecule has 0 bridgehead atoms. The van der Waals surface area contributed by atoms with E-state index < -0.39 is 0 Å². The van der Waals surface area contributed by atoms with Gasteiger partial charge in [0.25, 0.3) is 5.91 Å². The van der Waals surface area contributed by atoms with Crippen molar-refractivity contribution in [3.63, 3.8) is 0 Å². The highest BCUT2D eigenvalue weighted by atomic mass is 35.5. The zero-order valence-corrected chi connectivity index (χ0v) is 15.5. The van der Waals surface area contributed by atoms with Gasteiger partial charge in [0.2, 0.25) is 0 Å². The molecule has 0 spiro atoms. The van der Waals surface area contributed by atoms with Gasteiger partial charge in [0.15, 0.2) is 11.5 Å². The first-order chi connectivity index (χ1) is 12.7. The summed E-state index contributed by atoms with van der Waals surface area (Å²) in [6.07, 6.45) is 0. The van der Waals surface area contributed by atoms with Crippen molar-refractivity contribution in [1.29, 1.82) is 0 Å². The van der Waals surface area contributed by atoms with Gasteiger partial charge < -0.3 is 24.4 Å². The van der Waals surface area contributed by atoms with Crippen molar-refractivity contribution in [2.24, 2.45) is 0 Å². The Kier molecular flexibility index (Phi) is 5.85. The van der Waals surface area contributed by atoms with Crippen molar-refractivity contribution in [3.05, 3.63) is 47.0 Å². The molecule has 1 aliphatic heterocycles. The number of hydrogen-bond donors (Lipinski definition) is 1. The number of amides is 1. The number of nitrogens with one attached hydrogen (secondary N) is 1. The third kappa shape index (κ3) is 3.71. The molecule has 1 fully saturated rings. The molecule has 7 heteroatoms. The first kappa shape index (κ1) is 18.4. The summed E-state index contributed by atoms with van der Waals surface area (Å²) in [7, 11) is 3.04. The van der Waals surface area contributed by atoms with Crippen molar-refractivity contribution in [2.45, 2.75) is 0 Å². The molecule has 0 aromatic heterocycles. The van der Waals surface area contributed by atoms with Crippen molar-refractivity contribution in [1.82, 2.24) is 0 Å². The lowest BCUT2D eigenvalue weighted by Gasteiger charge is -2.31. The maximum absolute atomic E-state index is 12.9. The van der Waals surface area contributed by atoms with Gasteiger partial charge in [-0.1, -0.05) is 23.7 Å². The highest BCUT2D eigenvalue weighted by molar-refractivity contribution is 6.34. The van der Waals surface area contributed by atoms with Crippen LogP contribution in [0.4, 0.5) is 11.4 Å².